The molecule has 3 rings (SSSR count). The Balaban J connectivity index is 1.73. The van der Waals surface area contributed by atoms with Crippen LogP contribution in [-0.2, 0) is 6.54 Å². The van der Waals surface area contributed by atoms with Crippen LogP contribution in [0, 0.1) is 5.82 Å². The summed E-state index contributed by atoms with van der Waals surface area (Å²) in [5.41, 5.74) is 1.65. The van der Waals surface area contributed by atoms with Gasteiger partial charge in [0.2, 0.25) is 0 Å². The smallest absolute Gasteiger partial charge is 0.262 e. The van der Waals surface area contributed by atoms with E-state index in [-0.39, 0.29) is 17.8 Å². The summed E-state index contributed by atoms with van der Waals surface area (Å²) in [6.07, 6.45) is 3.57. The molecule has 3 aromatic rings. The molecule has 0 radical (unpaired) electrons. The summed E-state index contributed by atoms with van der Waals surface area (Å²) in [5, 5.41) is 8.98. The second-order valence-corrected chi connectivity index (χ2v) is 6.19. The van der Waals surface area contributed by atoms with E-state index in [1.807, 2.05) is 30.6 Å². The maximum absolute atomic E-state index is 13.1. The van der Waals surface area contributed by atoms with Crippen LogP contribution in [0.15, 0.2) is 54.2 Å². The van der Waals surface area contributed by atoms with E-state index >= 15 is 0 Å². The Hall–Kier alpha value is -2.47. The molecule has 0 bridgehead atoms. The molecule has 0 aliphatic carbocycles. The zero-order chi connectivity index (χ0) is 16.2. The molecule has 2 heterocycles. The summed E-state index contributed by atoms with van der Waals surface area (Å²) in [7, 11) is 0. The minimum Gasteiger partial charge on any atom is -0.347 e. The summed E-state index contributed by atoms with van der Waals surface area (Å²) in [6, 6.07) is 9.84. The standard InChI is InChI=1S/C17H16FN3OS/c1-12(11-21-9-2-8-19-21)20-17(22)16-15(7-10-23-16)13-3-5-14(18)6-4-13/h2-10,12H,11H2,1H3,(H,20,22). The number of hydrogen-bond donors (Lipinski definition) is 1. The van der Waals surface area contributed by atoms with Gasteiger partial charge in [-0.2, -0.15) is 5.10 Å². The molecule has 23 heavy (non-hydrogen) atoms. The van der Waals surface area contributed by atoms with Gasteiger partial charge >= 0.3 is 0 Å². The van der Waals surface area contributed by atoms with Crippen LogP contribution in [0.2, 0.25) is 0 Å². The van der Waals surface area contributed by atoms with Crippen LogP contribution in [0.1, 0.15) is 16.6 Å². The first-order valence-corrected chi connectivity index (χ1v) is 8.13. The summed E-state index contributed by atoms with van der Waals surface area (Å²) >= 11 is 1.38. The highest BCUT2D eigenvalue weighted by Gasteiger charge is 2.16. The fraction of sp³-hybridized carbons (Fsp3) is 0.176. The molecule has 1 unspecified atom stereocenters. The molecule has 0 spiro atoms. The molecule has 2 aromatic heterocycles. The lowest BCUT2D eigenvalue weighted by atomic mass is 10.1. The first-order valence-electron chi connectivity index (χ1n) is 7.25. The van der Waals surface area contributed by atoms with E-state index in [0.717, 1.165) is 11.1 Å². The number of nitrogens with zero attached hydrogens (tertiary/aromatic N) is 2. The Bertz CT molecular complexity index is 781. The second kappa shape index (κ2) is 6.75. The number of aromatic nitrogens is 2. The Morgan fingerprint density at radius 3 is 2.83 bits per heavy atom. The molecule has 6 heteroatoms. The van der Waals surface area contributed by atoms with Crippen LogP contribution in [-0.4, -0.2) is 21.7 Å². The number of thiophene rings is 1. The van der Waals surface area contributed by atoms with E-state index in [1.165, 1.54) is 23.5 Å². The van der Waals surface area contributed by atoms with Crippen molar-refractivity contribution >= 4 is 17.2 Å². The van der Waals surface area contributed by atoms with Gasteiger partial charge in [0.25, 0.3) is 5.91 Å². The Morgan fingerprint density at radius 2 is 2.13 bits per heavy atom. The summed E-state index contributed by atoms with van der Waals surface area (Å²) < 4.78 is 14.8. The van der Waals surface area contributed by atoms with Crippen molar-refractivity contribution in [1.82, 2.24) is 15.1 Å². The van der Waals surface area contributed by atoms with E-state index in [2.05, 4.69) is 10.4 Å². The number of nitrogens with one attached hydrogen (secondary N) is 1. The average molecular weight is 329 g/mol. The Labute approximate surface area is 137 Å². The molecule has 1 amide bonds. The monoisotopic (exact) mass is 329 g/mol. The lowest BCUT2D eigenvalue weighted by Crippen LogP contribution is -2.35. The van der Waals surface area contributed by atoms with Gasteiger partial charge in [-0.25, -0.2) is 4.39 Å². The third-order valence-electron chi connectivity index (χ3n) is 3.42. The van der Waals surface area contributed by atoms with Crippen LogP contribution in [0.3, 0.4) is 0 Å². The number of benzene rings is 1. The van der Waals surface area contributed by atoms with E-state index in [0.29, 0.717) is 11.4 Å². The van der Waals surface area contributed by atoms with Gasteiger partial charge in [0.15, 0.2) is 0 Å². The largest absolute Gasteiger partial charge is 0.347 e. The number of rotatable bonds is 5. The van der Waals surface area contributed by atoms with Crippen molar-refractivity contribution in [2.24, 2.45) is 0 Å². The fourth-order valence-corrected chi connectivity index (χ4v) is 3.18. The highest BCUT2D eigenvalue weighted by Crippen LogP contribution is 2.28. The molecular formula is C17H16FN3OS. The summed E-state index contributed by atoms with van der Waals surface area (Å²) in [4.78, 5) is 13.1. The van der Waals surface area contributed by atoms with E-state index in [1.54, 1.807) is 23.0 Å². The predicted molar refractivity (Wildman–Crippen MR) is 88.9 cm³/mol. The zero-order valence-electron chi connectivity index (χ0n) is 12.6. The van der Waals surface area contributed by atoms with Crippen molar-refractivity contribution in [3.05, 3.63) is 64.9 Å². The number of carbonyl (C=O) groups is 1. The van der Waals surface area contributed by atoms with Gasteiger partial charge in [-0.1, -0.05) is 12.1 Å². The van der Waals surface area contributed by atoms with E-state index in [9.17, 15) is 9.18 Å². The summed E-state index contributed by atoms with van der Waals surface area (Å²) in [6.45, 7) is 2.54. The lowest BCUT2D eigenvalue weighted by molar-refractivity contribution is 0.0940. The molecule has 0 aliphatic heterocycles. The van der Waals surface area contributed by atoms with Gasteiger partial charge in [0, 0.05) is 24.0 Å². The van der Waals surface area contributed by atoms with Gasteiger partial charge < -0.3 is 5.32 Å². The second-order valence-electron chi connectivity index (χ2n) is 5.27. The van der Waals surface area contributed by atoms with E-state index in [4.69, 9.17) is 0 Å². The minimum atomic E-state index is -0.289. The van der Waals surface area contributed by atoms with Crippen LogP contribution in [0.5, 0.6) is 0 Å². The molecule has 0 saturated heterocycles. The first-order chi connectivity index (χ1) is 11.1. The topological polar surface area (TPSA) is 46.9 Å². The van der Waals surface area contributed by atoms with Crippen LogP contribution in [0.4, 0.5) is 4.39 Å². The van der Waals surface area contributed by atoms with Crippen molar-refractivity contribution in [1.29, 1.82) is 0 Å². The lowest BCUT2D eigenvalue weighted by Gasteiger charge is -2.14. The van der Waals surface area contributed by atoms with E-state index < -0.39 is 0 Å². The number of amides is 1. The number of halogens is 1. The van der Waals surface area contributed by atoms with Crippen molar-refractivity contribution in [2.45, 2.75) is 19.5 Å². The molecule has 1 N–H and O–H groups in total. The Morgan fingerprint density at radius 1 is 1.35 bits per heavy atom. The van der Waals surface area contributed by atoms with Gasteiger partial charge in [-0.05, 0) is 42.1 Å². The molecular weight excluding hydrogens is 313 g/mol. The zero-order valence-corrected chi connectivity index (χ0v) is 13.4. The third-order valence-corrected chi connectivity index (χ3v) is 4.34. The molecule has 0 aliphatic rings. The maximum Gasteiger partial charge on any atom is 0.262 e. The van der Waals surface area contributed by atoms with Gasteiger partial charge in [-0.3, -0.25) is 9.48 Å². The molecule has 0 fully saturated rings. The van der Waals surface area contributed by atoms with Crippen LogP contribution in [0.25, 0.3) is 11.1 Å². The molecule has 1 aromatic carbocycles. The van der Waals surface area contributed by atoms with Crippen LogP contribution >= 0.6 is 11.3 Å². The maximum atomic E-state index is 13.1. The summed E-state index contributed by atoms with van der Waals surface area (Å²) in [5.74, 6) is -0.415. The fourth-order valence-electron chi connectivity index (χ4n) is 2.37. The van der Waals surface area contributed by atoms with Crippen molar-refractivity contribution < 1.29 is 9.18 Å². The molecule has 0 saturated carbocycles. The van der Waals surface area contributed by atoms with Gasteiger partial charge in [0.1, 0.15) is 5.82 Å². The van der Waals surface area contributed by atoms with Crippen molar-refractivity contribution in [3.8, 4) is 11.1 Å². The number of carbonyl (C=O) groups excluding carboxylic acids is 1. The third kappa shape index (κ3) is 3.65. The normalized spacial score (nSPS) is 12.1. The van der Waals surface area contributed by atoms with Crippen molar-refractivity contribution in [2.75, 3.05) is 0 Å². The minimum absolute atomic E-state index is 0.0504. The predicted octanol–water partition coefficient (Wildman–Crippen LogP) is 3.57. The number of hydrogen-bond acceptors (Lipinski definition) is 3. The Kier molecular flexibility index (Phi) is 4.52. The SMILES string of the molecule is CC(Cn1cccn1)NC(=O)c1sccc1-c1ccc(F)cc1. The highest BCUT2D eigenvalue weighted by atomic mass is 32.1. The van der Waals surface area contributed by atoms with Crippen molar-refractivity contribution in [3.63, 3.8) is 0 Å². The molecule has 4 nitrogen and oxygen atoms in total. The highest BCUT2D eigenvalue weighted by molar-refractivity contribution is 7.12. The van der Waals surface area contributed by atoms with Gasteiger partial charge in [-0.15, -0.1) is 11.3 Å². The first kappa shape index (κ1) is 15.4. The average Bonchev–Trinajstić information content (AvgIpc) is 3.19. The molecule has 1 atom stereocenters. The quantitative estimate of drug-likeness (QED) is 0.778. The van der Waals surface area contributed by atoms with Gasteiger partial charge in [0.05, 0.1) is 11.4 Å². The molecule has 118 valence electrons. The van der Waals surface area contributed by atoms with Crippen LogP contribution < -0.4 is 5.32 Å².